The topological polar surface area (TPSA) is 87.9 Å². The van der Waals surface area contributed by atoms with Gasteiger partial charge >= 0.3 is 0 Å². The van der Waals surface area contributed by atoms with Gasteiger partial charge in [0.25, 0.3) is 5.91 Å². The van der Waals surface area contributed by atoms with Gasteiger partial charge in [-0.1, -0.05) is 11.6 Å². The largest absolute Gasteiger partial charge is 0.490 e. The second-order valence-electron chi connectivity index (χ2n) is 6.06. The number of carbonyl (C=O) groups is 1. The highest BCUT2D eigenvalue weighted by Gasteiger charge is 2.24. The molecule has 0 aliphatic heterocycles. The molecule has 0 unspecified atom stereocenters. The van der Waals surface area contributed by atoms with Crippen molar-refractivity contribution in [3.05, 3.63) is 52.0 Å². The highest BCUT2D eigenvalue weighted by Crippen LogP contribution is 2.27. The lowest BCUT2D eigenvalue weighted by Gasteiger charge is -2.29. The Morgan fingerprint density at radius 1 is 1.19 bits per heavy atom. The summed E-state index contributed by atoms with van der Waals surface area (Å²) >= 11 is 11.7. The highest BCUT2D eigenvalue weighted by atomic mass is 35.5. The minimum absolute atomic E-state index is 0.0611. The summed E-state index contributed by atoms with van der Waals surface area (Å²) in [6, 6.07) is 7.17. The molecule has 1 aromatic carbocycles. The van der Waals surface area contributed by atoms with E-state index in [1.54, 1.807) is 18.2 Å². The monoisotopic (exact) mass is 390 g/mol. The molecule has 1 amide bonds. The average molecular weight is 391 g/mol. The fourth-order valence-corrected chi connectivity index (χ4v) is 3.19. The summed E-state index contributed by atoms with van der Waals surface area (Å²) in [7, 11) is 0. The molecule has 26 heavy (non-hydrogen) atoms. The van der Waals surface area contributed by atoms with Crippen molar-refractivity contribution in [2.75, 3.05) is 0 Å². The van der Waals surface area contributed by atoms with Crippen LogP contribution in [0.25, 0.3) is 0 Å². The van der Waals surface area contributed by atoms with E-state index in [9.17, 15) is 4.79 Å². The molecule has 1 heterocycles. The number of nitrogens with zero attached hydrogens (tertiary/aromatic N) is 3. The van der Waals surface area contributed by atoms with Crippen LogP contribution in [0.4, 0.5) is 0 Å². The Bertz CT molecular complexity index is 828. The Kier molecular flexibility index (Phi) is 5.92. The number of rotatable bonds is 4. The van der Waals surface area contributed by atoms with Crippen molar-refractivity contribution < 1.29 is 9.53 Å². The van der Waals surface area contributed by atoms with Crippen molar-refractivity contribution in [3.8, 4) is 11.8 Å². The smallest absolute Gasteiger partial charge is 0.254 e. The highest BCUT2D eigenvalue weighted by molar-refractivity contribution is 6.31. The van der Waals surface area contributed by atoms with Crippen molar-refractivity contribution in [1.82, 2.24) is 15.3 Å². The molecule has 0 saturated heterocycles. The van der Waals surface area contributed by atoms with Gasteiger partial charge in [0.1, 0.15) is 11.8 Å². The Morgan fingerprint density at radius 3 is 2.50 bits per heavy atom. The fraction of sp³-hybridized carbons (Fsp3) is 0.333. The zero-order valence-electron chi connectivity index (χ0n) is 13.8. The van der Waals surface area contributed by atoms with Crippen LogP contribution in [0.2, 0.25) is 10.3 Å². The van der Waals surface area contributed by atoms with E-state index in [0.717, 1.165) is 25.7 Å². The first-order valence-electron chi connectivity index (χ1n) is 8.20. The van der Waals surface area contributed by atoms with Crippen LogP contribution in [0.1, 0.15) is 41.6 Å². The maximum atomic E-state index is 12.2. The van der Waals surface area contributed by atoms with Crippen LogP contribution in [-0.2, 0) is 0 Å². The van der Waals surface area contributed by atoms with E-state index >= 15 is 0 Å². The number of halogens is 2. The summed E-state index contributed by atoms with van der Waals surface area (Å²) in [6.07, 6.45) is 6.15. The molecular formula is C18H16Cl2N4O2. The van der Waals surface area contributed by atoms with Gasteiger partial charge in [-0.15, -0.1) is 0 Å². The number of benzene rings is 1. The molecule has 1 aliphatic carbocycles. The first kappa shape index (κ1) is 18.4. The zero-order valence-corrected chi connectivity index (χ0v) is 15.3. The summed E-state index contributed by atoms with van der Waals surface area (Å²) < 4.78 is 5.95. The normalized spacial score (nSPS) is 19.4. The zero-order chi connectivity index (χ0) is 18.5. The van der Waals surface area contributed by atoms with Gasteiger partial charge in [0.05, 0.1) is 22.3 Å². The van der Waals surface area contributed by atoms with Crippen molar-refractivity contribution in [3.63, 3.8) is 0 Å². The molecule has 0 radical (unpaired) electrons. The van der Waals surface area contributed by atoms with E-state index < -0.39 is 0 Å². The van der Waals surface area contributed by atoms with Crippen LogP contribution >= 0.6 is 23.2 Å². The number of nitriles is 1. The van der Waals surface area contributed by atoms with Crippen molar-refractivity contribution >= 4 is 29.1 Å². The van der Waals surface area contributed by atoms with E-state index in [0.29, 0.717) is 21.9 Å². The van der Waals surface area contributed by atoms with Crippen LogP contribution in [0.5, 0.6) is 5.75 Å². The van der Waals surface area contributed by atoms with E-state index in [2.05, 4.69) is 15.3 Å². The van der Waals surface area contributed by atoms with E-state index in [1.807, 2.05) is 6.07 Å². The number of hydrogen-bond donors (Lipinski definition) is 1. The molecule has 6 nitrogen and oxygen atoms in total. The van der Waals surface area contributed by atoms with Crippen molar-refractivity contribution in [2.45, 2.75) is 37.8 Å². The minimum Gasteiger partial charge on any atom is -0.490 e. The first-order chi connectivity index (χ1) is 12.5. The lowest BCUT2D eigenvalue weighted by molar-refractivity contribution is 0.0893. The van der Waals surface area contributed by atoms with Crippen LogP contribution in [0.15, 0.2) is 30.6 Å². The predicted molar refractivity (Wildman–Crippen MR) is 97.3 cm³/mol. The van der Waals surface area contributed by atoms with Crippen molar-refractivity contribution in [2.24, 2.45) is 0 Å². The lowest BCUT2D eigenvalue weighted by atomic mass is 9.92. The molecule has 8 heteroatoms. The maximum Gasteiger partial charge on any atom is 0.254 e. The van der Waals surface area contributed by atoms with Gasteiger partial charge in [-0.2, -0.15) is 5.26 Å². The molecule has 1 fully saturated rings. The average Bonchev–Trinajstić information content (AvgIpc) is 2.64. The van der Waals surface area contributed by atoms with E-state index in [-0.39, 0.29) is 23.3 Å². The number of aromatic nitrogens is 2. The number of nitrogens with one attached hydrogen (secondary N) is 1. The number of hydrogen-bond acceptors (Lipinski definition) is 5. The molecule has 1 aliphatic rings. The van der Waals surface area contributed by atoms with Gasteiger partial charge in [0, 0.05) is 24.5 Å². The number of ether oxygens (including phenoxy) is 1. The van der Waals surface area contributed by atoms with Crippen LogP contribution in [0, 0.1) is 11.3 Å². The Morgan fingerprint density at radius 2 is 1.88 bits per heavy atom. The van der Waals surface area contributed by atoms with Gasteiger partial charge in [0.15, 0.2) is 0 Å². The molecule has 134 valence electrons. The standard InChI is InChI=1S/C18H16Cl2N4O2/c19-16-7-15(4-1-11(16)8-21)26-14-5-2-13(3-6-14)24-17(25)12-9-22-18(20)23-10-12/h1,4,7,9-10,13-14H,2-3,5-6H2,(H,24,25)/t13-,14-. The number of carbonyl (C=O) groups excluding carboxylic acids is 1. The molecule has 3 rings (SSSR count). The molecule has 0 spiro atoms. The van der Waals surface area contributed by atoms with Crippen molar-refractivity contribution in [1.29, 1.82) is 5.26 Å². The molecule has 1 N–H and O–H groups in total. The van der Waals surface area contributed by atoms with Gasteiger partial charge in [-0.05, 0) is 49.4 Å². The van der Waals surface area contributed by atoms with Gasteiger partial charge < -0.3 is 10.1 Å². The molecular weight excluding hydrogens is 375 g/mol. The predicted octanol–water partition coefficient (Wildman–Crippen LogP) is 3.78. The fourth-order valence-electron chi connectivity index (χ4n) is 2.88. The Balaban J connectivity index is 1.49. The second-order valence-corrected chi connectivity index (χ2v) is 6.80. The van der Waals surface area contributed by atoms with Crippen LogP contribution < -0.4 is 10.1 Å². The summed E-state index contributed by atoms with van der Waals surface area (Å²) in [4.78, 5) is 19.8. The third kappa shape index (κ3) is 4.63. The van der Waals surface area contributed by atoms with E-state index in [1.165, 1.54) is 12.4 Å². The minimum atomic E-state index is -0.204. The lowest BCUT2D eigenvalue weighted by Crippen LogP contribution is -2.39. The third-order valence-electron chi connectivity index (χ3n) is 4.26. The van der Waals surface area contributed by atoms with Gasteiger partial charge in [-0.3, -0.25) is 4.79 Å². The Hall–Kier alpha value is -2.36. The summed E-state index contributed by atoms with van der Waals surface area (Å²) in [5.74, 6) is 0.449. The molecule has 0 bridgehead atoms. The first-order valence-corrected chi connectivity index (χ1v) is 8.95. The molecule has 2 aromatic rings. The van der Waals surface area contributed by atoms with E-state index in [4.69, 9.17) is 33.2 Å². The summed E-state index contributed by atoms with van der Waals surface area (Å²) in [5.41, 5.74) is 0.816. The van der Waals surface area contributed by atoms with Gasteiger partial charge in [-0.25, -0.2) is 9.97 Å². The Labute approximate surface area is 161 Å². The SMILES string of the molecule is N#Cc1ccc(O[C@H]2CC[C@H](NC(=O)c3cnc(Cl)nc3)CC2)cc1Cl. The maximum absolute atomic E-state index is 12.2. The van der Waals surface area contributed by atoms with Crippen LogP contribution in [-0.4, -0.2) is 28.0 Å². The summed E-state index contributed by atoms with van der Waals surface area (Å²) in [5, 5.41) is 12.4. The quantitative estimate of drug-likeness (QED) is 0.802. The van der Waals surface area contributed by atoms with Gasteiger partial charge in [0.2, 0.25) is 5.28 Å². The summed E-state index contributed by atoms with van der Waals surface area (Å²) in [6.45, 7) is 0. The molecule has 0 atom stereocenters. The molecule has 1 aromatic heterocycles. The third-order valence-corrected chi connectivity index (χ3v) is 4.76. The van der Waals surface area contributed by atoms with Crippen LogP contribution in [0.3, 0.4) is 0 Å². The second kappa shape index (κ2) is 8.35. The number of amides is 1. The molecule has 1 saturated carbocycles.